The smallest absolute Gasteiger partial charge is 0.408 e. The first-order valence-electron chi connectivity index (χ1n) is 15.1. The SMILES string of the molecule is CCCCCCCN(C(=O)C(NC(=O)OC(C)(C)C)C(C)CC)C(C(=O)NCc1ccccc1)c1cccc(C)c1. The Morgan fingerprint density at radius 2 is 1.61 bits per heavy atom. The third-order valence-electron chi connectivity index (χ3n) is 7.16. The minimum Gasteiger partial charge on any atom is -0.444 e. The minimum atomic E-state index is -0.843. The number of nitrogens with one attached hydrogen (secondary N) is 2. The van der Waals surface area contributed by atoms with Gasteiger partial charge in [0.2, 0.25) is 11.8 Å². The van der Waals surface area contributed by atoms with E-state index in [0.29, 0.717) is 19.5 Å². The molecule has 7 nitrogen and oxygen atoms in total. The number of hydrogen-bond donors (Lipinski definition) is 2. The van der Waals surface area contributed by atoms with Gasteiger partial charge in [-0.05, 0) is 51.2 Å². The van der Waals surface area contributed by atoms with Gasteiger partial charge >= 0.3 is 6.09 Å². The second-order valence-corrected chi connectivity index (χ2v) is 12.0. The van der Waals surface area contributed by atoms with E-state index in [2.05, 4.69) is 17.6 Å². The van der Waals surface area contributed by atoms with Gasteiger partial charge in [0.05, 0.1) is 0 Å². The van der Waals surface area contributed by atoms with Gasteiger partial charge in [-0.1, -0.05) is 113 Å². The van der Waals surface area contributed by atoms with Gasteiger partial charge in [-0.25, -0.2) is 4.79 Å². The molecule has 7 heteroatoms. The van der Waals surface area contributed by atoms with Crippen molar-refractivity contribution < 1.29 is 19.1 Å². The fourth-order valence-corrected chi connectivity index (χ4v) is 4.74. The molecule has 0 radical (unpaired) electrons. The van der Waals surface area contributed by atoms with Gasteiger partial charge in [-0.3, -0.25) is 9.59 Å². The highest BCUT2D eigenvalue weighted by Gasteiger charge is 2.38. The van der Waals surface area contributed by atoms with Gasteiger partial charge in [0.1, 0.15) is 17.7 Å². The molecule has 226 valence electrons. The van der Waals surface area contributed by atoms with Crippen LogP contribution in [0.5, 0.6) is 0 Å². The van der Waals surface area contributed by atoms with Crippen LogP contribution >= 0.6 is 0 Å². The monoisotopic (exact) mass is 565 g/mol. The van der Waals surface area contributed by atoms with Crippen LogP contribution < -0.4 is 10.6 Å². The average Bonchev–Trinajstić information content (AvgIpc) is 2.92. The van der Waals surface area contributed by atoms with E-state index >= 15 is 0 Å². The molecule has 41 heavy (non-hydrogen) atoms. The molecule has 0 aromatic heterocycles. The van der Waals surface area contributed by atoms with E-state index in [4.69, 9.17) is 4.74 Å². The van der Waals surface area contributed by atoms with Crippen LogP contribution in [0.15, 0.2) is 54.6 Å². The third kappa shape index (κ3) is 11.6. The number of alkyl carbamates (subject to hydrolysis) is 1. The highest BCUT2D eigenvalue weighted by Crippen LogP contribution is 2.26. The number of amides is 3. The summed E-state index contributed by atoms with van der Waals surface area (Å²) in [5, 5.41) is 5.92. The number of nitrogens with zero attached hydrogens (tertiary/aromatic N) is 1. The zero-order valence-electron chi connectivity index (χ0n) is 26.2. The lowest BCUT2D eigenvalue weighted by molar-refractivity contribution is -0.143. The van der Waals surface area contributed by atoms with Gasteiger partial charge < -0.3 is 20.3 Å². The van der Waals surface area contributed by atoms with E-state index in [0.717, 1.165) is 48.8 Å². The topological polar surface area (TPSA) is 87.7 Å². The maximum atomic E-state index is 14.4. The normalized spacial score (nSPS) is 13.5. The number of hydrogen-bond acceptors (Lipinski definition) is 4. The first kappa shape index (κ1) is 33.9. The highest BCUT2D eigenvalue weighted by molar-refractivity contribution is 5.92. The number of carbonyl (C=O) groups excluding carboxylic acids is 3. The summed E-state index contributed by atoms with van der Waals surface area (Å²) in [6, 6.07) is 15.8. The van der Waals surface area contributed by atoms with E-state index in [-0.39, 0.29) is 17.7 Å². The summed E-state index contributed by atoms with van der Waals surface area (Å²) < 4.78 is 5.51. The standard InChI is InChI=1S/C34H51N3O4/c1-8-10-11-12-16-22-37(32(39)29(26(4)9-2)36-33(40)41-34(5,6)7)30(28-21-17-18-25(3)23-28)31(38)35-24-27-19-14-13-15-20-27/h13-15,17-21,23,26,29-30H,8-12,16,22,24H2,1-7H3,(H,35,38)(H,36,40). The second kappa shape index (κ2) is 16.8. The Balaban J connectivity index is 2.48. The predicted molar refractivity (Wildman–Crippen MR) is 165 cm³/mol. The number of unbranched alkanes of at least 4 members (excludes halogenated alkanes) is 4. The number of carbonyl (C=O) groups is 3. The average molecular weight is 566 g/mol. The molecule has 2 aromatic carbocycles. The molecule has 0 bridgehead atoms. The van der Waals surface area contributed by atoms with Crippen LogP contribution in [0.1, 0.15) is 103 Å². The summed E-state index contributed by atoms with van der Waals surface area (Å²) in [6.07, 6.45) is 5.07. The van der Waals surface area contributed by atoms with Crippen molar-refractivity contribution >= 4 is 17.9 Å². The van der Waals surface area contributed by atoms with Crippen molar-refractivity contribution in [1.29, 1.82) is 0 Å². The van der Waals surface area contributed by atoms with Crippen molar-refractivity contribution in [1.82, 2.24) is 15.5 Å². The third-order valence-corrected chi connectivity index (χ3v) is 7.16. The van der Waals surface area contributed by atoms with E-state index < -0.39 is 23.8 Å². The summed E-state index contributed by atoms with van der Waals surface area (Å²) in [5.74, 6) is -0.688. The molecular weight excluding hydrogens is 514 g/mol. The lowest BCUT2D eigenvalue weighted by Gasteiger charge is -2.36. The van der Waals surface area contributed by atoms with Crippen molar-refractivity contribution in [3.63, 3.8) is 0 Å². The lowest BCUT2D eigenvalue weighted by atomic mass is 9.95. The van der Waals surface area contributed by atoms with Gasteiger partial charge in [0, 0.05) is 13.1 Å². The first-order valence-corrected chi connectivity index (χ1v) is 15.1. The first-order chi connectivity index (χ1) is 19.5. The van der Waals surface area contributed by atoms with Crippen LogP contribution in [-0.4, -0.2) is 41.0 Å². The molecular formula is C34H51N3O4. The second-order valence-electron chi connectivity index (χ2n) is 12.0. The molecule has 0 saturated heterocycles. The molecule has 0 heterocycles. The lowest BCUT2D eigenvalue weighted by Crippen LogP contribution is -2.55. The molecule has 0 fully saturated rings. The van der Waals surface area contributed by atoms with Gasteiger partial charge in [0.25, 0.3) is 0 Å². The Morgan fingerprint density at radius 3 is 2.22 bits per heavy atom. The maximum absolute atomic E-state index is 14.4. The van der Waals surface area contributed by atoms with Gasteiger partial charge in [0.15, 0.2) is 0 Å². The maximum Gasteiger partial charge on any atom is 0.408 e. The Kier molecular flexibility index (Phi) is 13.9. The minimum absolute atomic E-state index is 0.164. The van der Waals surface area contributed by atoms with E-state index in [1.165, 1.54) is 0 Å². The molecule has 3 amide bonds. The predicted octanol–water partition coefficient (Wildman–Crippen LogP) is 7.09. The molecule has 0 aliphatic carbocycles. The summed E-state index contributed by atoms with van der Waals surface area (Å²) >= 11 is 0. The Bertz CT molecular complexity index is 1100. The summed E-state index contributed by atoms with van der Waals surface area (Å²) in [4.78, 5) is 42.9. The van der Waals surface area contributed by atoms with E-state index in [1.54, 1.807) is 25.7 Å². The Morgan fingerprint density at radius 1 is 0.927 bits per heavy atom. The fourth-order valence-electron chi connectivity index (χ4n) is 4.74. The van der Waals surface area contributed by atoms with Crippen LogP contribution in [0.25, 0.3) is 0 Å². The molecule has 0 saturated carbocycles. The van der Waals surface area contributed by atoms with Gasteiger partial charge in [-0.15, -0.1) is 0 Å². The van der Waals surface area contributed by atoms with Crippen molar-refractivity contribution in [3.8, 4) is 0 Å². The molecule has 0 aliphatic heterocycles. The fraction of sp³-hybridized carbons (Fsp3) is 0.559. The molecule has 2 rings (SSSR count). The van der Waals surface area contributed by atoms with Crippen molar-refractivity contribution in [2.24, 2.45) is 5.92 Å². The van der Waals surface area contributed by atoms with Crippen LogP contribution in [0.2, 0.25) is 0 Å². The molecule has 0 spiro atoms. The number of ether oxygens (including phenoxy) is 1. The van der Waals surface area contributed by atoms with Crippen LogP contribution in [-0.2, 0) is 20.9 Å². The number of benzene rings is 2. The van der Waals surface area contributed by atoms with E-state index in [9.17, 15) is 14.4 Å². The van der Waals surface area contributed by atoms with Crippen molar-refractivity contribution in [2.45, 2.75) is 111 Å². The molecule has 2 N–H and O–H groups in total. The Hall–Kier alpha value is -3.35. The van der Waals surface area contributed by atoms with Gasteiger partial charge in [-0.2, -0.15) is 0 Å². The summed E-state index contributed by atoms with van der Waals surface area (Å²) in [6.45, 7) is 14.2. The van der Waals surface area contributed by atoms with Crippen molar-refractivity contribution in [2.75, 3.05) is 6.54 Å². The zero-order valence-corrected chi connectivity index (χ0v) is 26.2. The van der Waals surface area contributed by atoms with Crippen molar-refractivity contribution in [3.05, 3.63) is 71.3 Å². The summed E-state index contributed by atoms with van der Waals surface area (Å²) in [5.41, 5.74) is 2.03. The zero-order chi connectivity index (χ0) is 30.4. The van der Waals surface area contributed by atoms with Crippen LogP contribution in [0, 0.1) is 12.8 Å². The highest BCUT2D eigenvalue weighted by atomic mass is 16.6. The molecule has 0 aliphatic rings. The Labute approximate surface area is 247 Å². The van der Waals surface area contributed by atoms with Crippen LogP contribution in [0.3, 0.4) is 0 Å². The molecule has 3 unspecified atom stereocenters. The quantitative estimate of drug-likeness (QED) is 0.226. The summed E-state index contributed by atoms with van der Waals surface area (Å²) in [7, 11) is 0. The molecule has 3 atom stereocenters. The number of rotatable bonds is 15. The van der Waals surface area contributed by atoms with E-state index in [1.807, 2.05) is 75.4 Å². The largest absolute Gasteiger partial charge is 0.444 e. The van der Waals surface area contributed by atoms with Crippen LogP contribution in [0.4, 0.5) is 4.79 Å². The molecule has 2 aromatic rings. The number of aryl methyl sites for hydroxylation is 1.